The number of nitrogens with two attached hydrogens (primary N) is 1. The molecule has 2 N–H and O–H groups in total. The number of hydrogen-bond acceptors (Lipinski definition) is 3. The van der Waals surface area contributed by atoms with Crippen LogP contribution in [0.25, 0.3) is 0 Å². The van der Waals surface area contributed by atoms with Crippen molar-refractivity contribution in [2.75, 3.05) is 19.7 Å². The van der Waals surface area contributed by atoms with Crippen molar-refractivity contribution in [2.24, 2.45) is 5.73 Å². The molecule has 2 atom stereocenters. The average Bonchev–Trinajstić information content (AvgIpc) is 2.61. The van der Waals surface area contributed by atoms with Gasteiger partial charge in [-0.25, -0.2) is 8.78 Å². The fraction of sp³-hybridized carbons (Fsp3) is 0.316. The van der Waals surface area contributed by atoms with Crippen molar-refractivity contribution >= 4 is 5.91 Å². The Hall–Kier alpha value is -2.31. The lowest BCUT2D eigenvalue weighted by Crippen LogP contribution is -2.51. The van der Waals surface area contributed by atoms with Crippen molar-refractivity contribution in [1.29, 1.82) is 0 Å². The smallest absolute Gasteiger partial charge is 0.235 e. The van der Waals surface area contributed by atoms with E-state index >= 15 is 0 Å². The molecule has 3 rings (SSSR count). The van der Waals surface area contributed by atoms with Gasteiger partial charge in [-0.1, -0.05) is 24.3 Å². The second kappa shape index (κ2) is 7.72. The highest BCUT2D eigenvalue weighted by molar-refractivity contribution is 5.80. The lowest BCUT2D eigenvalue weighted by Gasteiger charge is -2.37. The molecule has 0 aromatic heterocycles. The van der Waals surface area contributed by atoms with Crippen LogP contribution in [-0.4, -0.2) is 36.5 Å². The second-order valence-electron chi connectivity index (χ2n) is 6.16. The number of ether oxygens (including phenoxy) is 1. The highest BCUT2D eigenvalue weighted by atomic mass is 19.1. The molecular formula is C19H20F2N2O2. The van der Waals surface area contributed by atoms with E-state index in [2.05, 4.69) is 0 Å². The van der Waals surface area contributed by atoms with Crippen LogP contribution in [0.15, 0.2) is 48.5 Å². The van der Waals surface area contributed by atoms with Crippen LogP contribution in [0, 0.1) is 11.6 Å². The van der Waals surface area contributed by atoms with E-state index in [0.29, 0.717) is 26.1 Å². The topological polar surface area (TPSA) is 55.6 Å². The van der Waals surface area contributed by atoms with E-state index in [-0.39, 0.29) is 17.7 Å². The molecule has 0 aliphatic carbocycles. The minimum Gasteiger partial charge on any atom is -0.371 e. The van der Waals surface area contributed by atoms with Gasteiger partial charge in [0.15, 0.2) is 0 Å². The lowest BCUT2D eigenvalue weighted by molar-refractivity contribution is -0.127. The number of morpholine rings is 1. The van der Waals surface area contributed by atoms with Gasteiger partial charge in [-0.3, -0.25) is 9.69 Å². The monoisotopic (exact) mass is 346 g/mol. The van der Waals surface area contributed by atoms with Crippen molar-refractivity contribution in [1.82, 2.24) is 4.90 Å². The predicted molar refractivity (Wildman–Crippen MR) is 89.8 cm³/mol. The summed E-state index contributed by atoms with van der Waals surface area (Å²) in [7, 11) is 0. The van der Waals surface area contributed by atoms with E-state index in [1.54, 1.807) is 24.3 Å². The molecule has 0 unspecified atom stereocenters. The Balaban J connectivity index is 1.74. The Labute approximate surface area is 145 Å². The molecular weight excluding hydrogens is 326 g/mol. The van der Waals surface area contributed by atoms with Crippen LogP contribution >= 0.6 is 0 Å². The summed E-state index contributed by atoms with van der Waals surface area (Å²) >= 11 is 0. The van der Waals surface area contributed by atoms with Crippen molar-refractivity contribution in [3.8, 4) is 0 Å². The summed E-state index contributed by atoms with van der Waals surface area (Å²) in [6, 6.07) is 11.8. The third-order valence-corrected chi connectivity index (χ3v) is 4.43. The van der Waals surface area contributed by atoms with Gasteiger partial charge < -0.3 is 10.5 Å². The maximum atomic E-state index is 13.5. The summed E-state index contributed by atoms with van der Waals surface area (Å²) in [5.74, 6) is -1.09. The third kappa shape index (κ3) is 4.41. The van der Waals surface area contributed by atoms with Crippen LogP contribution in [0.2, 0.25) is 0 Å². The molecule has 0 spiro atoms. The normalized spacial score (nSPS) is 19.5. The molecule has 1 amide bonds. The first-order chi connectivity index (χ1) is 12.0. The van der Waals surface area contributed by atoms with Crippen LogP contribution < -0.4 is 5.73 Å². The molecule has 2 aromatic carbocycles. The maximum absolute atomic E-state index is 13.5. The summed E-state index contributed by atoms with van der Waals surface area (Å²) in [5.41, 5.74) is 7.16. The minimum atomic E-state index is -0.523. The summed E-state index contributed by atoms with van der Waals surface area (Å²) < 4.78 is 32.2. The number of halogens is 2. The molecule has 1 fully saturated rings. The Kier molecular flexibility index (Phi) is 5.40. The van der Waals surface area contributed by atoms with Crippen molar-refractivity contribution in [2.45, 2.75) is 18.6 Å². The van der Waals surface area contributed by atoms with E-state index < -0.39 is 11.9 Å². The standard InChI is InChI=1S/C19H20F2N2O2/c20-15-6-4-13(5-7-15)10-17(19(22)24)23-8-9-25-18(12-23)14-2-1-3-16(21)11-14/h1-7,11,17-18H,8-10,12H2,(H2,22,24)/t17-,18+/m0/s1. The van der Waals surface area contributed by atoms with Crippen LogP contribution in [0.3, 0.4) is 0 Å². The molecule has 6 heteroatoms. The number of carbonyl (C=O) groups is 1. The van der Waals surface area contributed by atoms with E-state index in [4.69, 9.17) is 10.5 Å². The summed E-state index contributed by atoms with van der Waals surface area (Å²) in [6.07, 6.45) is 0.0744. The van der Waals surface area contributed by atoms with Gasteiger partial charge >= 0.3 is 0 Å². The first kappa shape index (κ1) is 17.5. The van der Waals surface area contributed by atoms with Crippen LogP contribution in [0.5, 0.6) is 0 Å². The van der Waals surface area contributed by atoms with Crippen molar-refractivity contribution in [3.05, 3.63) is 71.3 Å². The zero-order valence-corrected chi connectivity index (χ0v) is 13.7. The van der Waals surface area contributed by atoms with Gasteiger partial charge in [0, 0.05) is 13.1 Å². The first-order valence-corrected chi connectivity index (χ1v) is 8.18. The summed E-state index contributed by atoms with van der Waals surface area (Å²) in [6.45, 7) is 1.42. The number of benzene rings is 2. The molecule has 0 radical (unpaired) electrons. The van der Waals surface area contributed by atoms with Gasteiger partial charge in [0.1, 0.15) is 11.6 Å². The van der Waals surface area contributed by atoms with E-state index in [1.807, 2.05) is 4.90 Å². The molecule has 0 saturated carbocycles. The number of carbonyl (C=O) groups excluding carboxylic acids is 1. The van der Waals surface area contributed by atoms with Crippen molar-refractivity contribution in [3.63, 3.8) is 0 Å². The molecule has 1 aliphatic heterocycles. The maximum Gasteiger partial charge on any atom is 0.235 e. The number of rotatable bonds is 5. The predicted octanol–water partition coefficient (Wildman–Crippen LogP) is 2.43. The van der Waals surface area contributed by atoms with Gasteiger partial charge in [-0.2, -0.15) is 0 Å². The minimum absolute atomic E-state index is 0.320. The largest absolute Gasteiger partial charge is 0.371 e. The van der Waals surface area contributed by atoms with Gasteiger partial charge in [-0.15, -0.1) is 0 Å². The van der Waals surface area contributed by atoms with Gasteiger partial charge in [0.05, 0.1) is 18.8 Å². The zero-order chi connectivity index (χ0) is 17.8. The summed E-state index contributed by atoms with van der Waals surface area (Å²) in [4.78, 5) is 13.9. The fourth-order valence-corrected chi connectivity index (χ4v) is 3.11. The van der Waals surface area contributed by atoms with Crippen LogP contribution in [0.1, 0.15) is 17.2 Å². The van der Waals surface area contributed by atoms with Crippen LogP contribution in [-0.2, 0) is 16.0 Å². The van der Waals surface area contributed by atoms with E-state index in [0.717, 1.165) is 11.1 Å². The van der Waals surface area contributed by atoms with Crippen LogP contribution in [0.4, 0.5) is 8.78 Å². The Bertz CT molecular complexity index is 736. The molecule has 1 heterocycles. The Morgan fingerprint density at radius 3 is 2.64 bits per heavy atom. The number of amides is 1. The third-order valence-electron chi connectivity index (χ3n) is 4.43. The number of primary amides is 1. The zero-order valence-electron chi connectivity index (χ0n) is 13.7. The Morgan fingerprint density at radius 2 is 1.96 bits per heavy atom. The SMILES string of the molecule is NC(=O)[C@H](Cc1ccc(F)cc1)N1CCO[C@@H](c2cccc(F)c2)C1. The van der Waals surface area contributed by atoms with Gasteiger partial charge in [0.25, 0.3) is 0 Å². The van der Waals surface area contributed by atoms with Crippen molar-refractivity contribution < 1.29 is 18.3 Å². The highest BCUT2D eigenvalue weighted by Crippen LogP contribution is 2.25. The molecule has 1 aliphatic rings. The quantitative estimate of drug-likeness (QED) is 0.905. The van der Waals surface area contributed by atoms with E-state index in [9.17, 15) is 13.6 Å². The number of hydrogen-bond donors (Lipinski definition) is 1. The first-order valence-electron chi connectivity index (χ1n) is 8.18. The molecule has 25 heavy (non-hydrogen) atoms. The molecule has 2 aromatic rings. The average molecular weight is 346 g/mol. The number of nitrogens with zero attached hydrogens (tertiary/aromatic N) is 1. The Morgan fingerprint density at radius 1 is 1.20 bits per heavy atom. The fourth-order valence-electron chi connectivity index (χ4n) is 3.11. The molecule has 132 valence electrons. The molecule has 4 nitrogen and oxygen atoms in total. The lowest BCUT2D eigenvalue weighted by atomic mass is 10.0. The summed E-state index contributed by atoms with van der Waals surface area (Å²) in [5, 5.41) is 0. The molecule has 0 bridgehead atoms. The second-order valence-corrected chi connectivity index (χ2v) is 6.16. The van der Waals surface area contributed by atoms with E-state index in [1.165, 1.54) is 24.3 Å². The molecule has 1 saturated heterocycles. The van der Waals surface area contributed by atoms with Gasteiger partial charge in [-0.05, 0) is 41.8 Å². The van der Waals surface area contributed by atoms with Gasteiger partial charge in [0.2, 0.25) is 5.91 Å². The highest BCUT2D eigenvalue weighted by Gasteiger charge is 2.30.